The van der Waals surface area contributed by atoms with E-state index in [0.29, 0.717) is 12.0 Å². The van der Waals surface area contributed by atoms with Crippen LogP contribution in [0.15, 0.2) is 18.2 Å². The highest BCUT2D eigenvalue weighted by Crippen LogP contribution is 2.45. The lowest BCUT2D eigenvalue weighted by atomic mass is 10.1. The number of urea groups is 1. The van der Waals surface area contributed by atoms with E-state index in [1.807, 2.05) is 19.2 Å². The minimum atomic E-state index is 0.0157. The second-order valence-electron chi connectivity index (χ2n) is 9.06. The summed E-state index contributed by atoms with van der Waals surface area (Å²) in [5.74, 6) is 0.933. The van der Waals surface area contributed by atoms with Crippen LogP contribution in [-0.4, -0.2) is 90.6 Å². The van der Waals surface area contributed by atoms with Crippen molar-refractivity contribution >= 4 is 17.1 Å². The summed E-state index contributed by atoms with van der Waals surface area (Å²) in [6, 6.07) is 6.17. The van der Waals surface area contributed by atoms with E-state index in [9.17, 15) is 4.79 Å². The van der Waals surface area contributed by atoms with Gasteiger partial charge in [-0.25, -0.2) is 9.78 Å². The van der Waals surface area contributed by atoms with Gasteiger partial charge in [0.25, 0.3) is 0 Å². The summed E-state index contributed by atoms with van der Waals surface area (Å²) < 4.78 is 0. The standard InChI is InChI=1S/C22H34N6O/c1-17-5-4-6-18-20(17)25-19(24-18)7-10-27(3)21(29)23-15-22(8-9-22)16-28-13-11-26(2)12-14-28/h4-6H,7-16H2,1-3H3,(H,23,29)(H,24,25). The maximum atomic E-state index is 12.6. The molecule has 0 unspecified atom stereocenters. The van der Waals surface area contributed by atoms with Crippen molar-refractivity contribution in [2.24, 2.45) is 5.41 Å². The van der Waals surface area contributed by atoms with Crippen LogP contribution in [0.5, 0.6) is 0 Å². The van der Waals surface area contributed by atoms with Gasteiger partial charge in [-0.2, -0.15) is 0 Å². The second kappa shape index (κ2) is 8.32. The first kappa shape index (κ1) is 20.2. The number of H-pyrrole nitrogens is 1. The third-order valence-corrected chi connectivity index (χ3v) is 6.52. The number of carbonyl (C=O) groups is 1. The summed E-state index contributed by atoms with van der Waals surface area (Å²) in [5.41, 5.74) is 3.55. The van der Waals surface area contributed by atoms with Crippen LogP contribution in [0.2, 0.25) is 0 Å². The molecule has 1 aliphatic heterocycles. The number of nitrogens with one attached hydrogen (secondary N) is 2. The molecule has 2 aromatic rings. The Bertz CT molecular complexity index is 850. The number of rotatable bonds is 7. The first-order valence-corrected chi connectivity index (χ1v) is 10.8. The number of para-hydroxylation sites is 1. The van der Waals surface area contributed by atoms with Crippen LogP contribution < -0.4 is 5.32 Å². The molecule has 1 saturated carbocycles. The molecule has 1 aromatic carbocycles. The molecular weight excluding hydrogens is 364 g/mol. The number of amides is 2. The molecule has 2 fully saturated rings. The Balaban J connectivity index is 1.22. The fraction of sp³-hybridized carbons (Fsp3) is 0.636. The van der Waals surface area contributed by atoms with Gasteiger partial charge in [-0.15, -0.1) is 0 Å². The molecule has 1 saturated heterocycles. The van der Waals surface area contributed by atoms with Gasteiger partial charge >= 0.3 is 6.03 Å². The van der Waals surface area contributed by atoms with Crippen LogP contribution in [0.25, 0.3) is 11.0 Å². The molecule has 4 rings (SSSR count). The summed E-state index contributed by atoms with van der Waals surface area (Å²) in [4.78, 5) is 27.3. The molecule has 1 aromatic heterocycles. The van der Waals surface area contributed by atoms with Gasteiger partial charge in [0.1, 0.15) is 5.82 Å². The normalized spacial score (nSPS) is 19.4. The van der Waals surface area contributed by atoms with Gasteiger partial charge < -0.3 is 25.0 Å². The quantitative estimate of drug-likeness (QED) is 0.749. The van der Waals surface area contributed by atoms with Crippen LogP contribution in [-0.2, 0) is 6.42 Å². The molecule has 0 radical (unpaired) electrons. The predicted molar refractivity (Wildman–Crippen MR) is 116 cm³/mol. The Morgan fingerprint density at radius 1 is 1.28 bits per heavy atom. The van der Waals surface area contributed by atoms with E-state index in [4.69, 9.17) is 0 Å². The molecule has 0 atom stereocenters. The van der Waals surface area contributed by atoms with Crippen molar-refractivity contribution in [3.05, 3.63) is 29.6 Å². The average Bonchev–Trinajstić information content (AvgIpc) is 3.34. The van der Waals surface area contributed by atoms with Crippen LogP contribution in [0, 0.1) is 12.3 Å². The number of hydrogen-bond donors (Lipinski definition) is 2. The van der Waals surface area contributed by atoms with Gasteiger partial charge in [-0.1, -0.05) is 12.1 Å². The van der Waals surface area contributed by atoms with E-state index in [-0.39, 0.29) is 6.03 Å². The number of benzene rings is 1. The number of aromatic amines is 1. The molecular formula is C22H34N6O. The summed E-state index contributed by atoms with van der Waals surface area (Å²) >= 11 is 0. The zero-order chi connectivity index (χ0) is 20.4. The number of likely N-dealkylation sites (N-methyl/N-ethyl adjacent to an activating group) is 2. The first-order valence-electron chi connectivity index (χ1n) is 10.8. The molecule has 7 nitrogen and oxygen atoms in total. The van der Waals surface area contributed by atoms with Gasteiger partial charge in [0.2, 0.25) is 0 Å². The summed E-state index contributed by atoms with van der Waals surface area (Å²) in [6.07, 6.45) is 3.17. The van der Waals surface area contributed by atoms with E-state index in [0.717, 1.165) is 62.5 Å². The highest BCUT2D eigenvalue weighted by atomic mass is 16.2. The molecule has 0 spiro atoms. The number of nitrogens with zero attached hydrogens (tertiary/aromatic N) is 4. The minimum Gasteiger partial charge on any atom is -0.342 e. The van der Waals surface area contributed by atoms with Gasteiger partial charge in [0.15, 0.2) is 0 Å². The Morgan fingerprint density at radius 3 is 2.72 bits per heavy atom. The predicted octanol–water partition coefficient (Wildman–Crippen LogP) is 2.08. The van der Waals surface area contributed by atoms with E-state index in [2.05, 4.69) is 45.1 Å². The smallest absolute Gasteiger partial charge is 0.317 e. The highest BCUT2D eigenvalue weighted by molar-refractivity contribution is 5.78. The lowest BCUT2D eigenvalue weighted by molar-refractivity contribution is 0.129. The summed E-state index contributed by atoms with van der Waals surface area (Å²) in [7, 11) is 4.05. The largest absolute Gasteiger partial charge is 0.342 e. The first-order chi connectivity index (χ1) is 13.9. The number of piperazine rings is 1. The Morgan fingerprint density at radius 2 is 2.03 bits per heavy atom. The molecule has 2 amide bonds. The topological polar surface area (TPSA) is 67.5 Å². The van der Waals surface area contributed by atoms with Crippen molar-refractivity contribution in [2.45, 2.75) is 26.2 Å². The fourth-order valence-electron chi connectivity index (χ4n) is 4.17. The maximum absolute atomic E-state index is 12.6. The van der Waals surface area contributed by atoms with Gasteiger partial charge in [-0.3, -0.25) is 0 Å². The molecule has 158 valence electrons. The van der Waals surface area contributed by atoms with Crippen molar-refractivity contribution in [1.29, 1.82) is 0 Å². The van der Waals surface area contributed by atoms with E-state index in [1.165, 1.54) is 18.4 Å². The fourth-order valence-corrected chi connectivity index (χ4v) is 4.17. The number of carbonyl (C=O) groups excluding carboxylic acids is 1. The minimum absolute atomic E-state index is 0.0157. The van der Waals surface area contributed by atoms with Gasteiger partial charge in [-0.05, 0) is 38.4 Å². The average molecular weight is 399 g/mol. The number of aryl methyl sites for hydroxylation is 1. The van der Waals surface area contributed by atoms with E-state index in [1.54, 1.807) is 4.90 Å². The lowest BCUT2D eigenvalue weighted by Crippen LogP contribution is -2.48. The molecule has 2 heterocycles. The monoisotopic (exact) mass is 398 g/mol. The lowest BCUT2D eigenvalue weighted by Gasteiger charge is -2.35. The second-order valence-corrected chi connectivity index (χ2v) is 9.06. The van der Waals surface area contributed by atoms with Crippen molar-refractivity contribution in [2.75, 3.05) is 59.9 Å². The van der Waals surface area contributed by atoms with Crippen molar-refractivity contribution in [3.8, 4) is 0 Å². The van der Waals surface area contributed by atoms with Crippen molar-refractivity contribution in [1.82, 2.24) is 30.0 Å². The van der Waals surface area contributed by atoms with Crippen LogP contribution in [0.1, 0.15) is 24.2 Å². The van der Waals surface area contributed by atoms with E-state index < -0.39 is 0 Å². The van der Waals surface area contributed by atoms with Gasteiger partial charge in [0.05, 0.1) is 11.0 Å². The third kappa shape index (κ3) is 4.90. The number of imidazole rings is 1. The zero-order valence-electron chi connectivity index (χ0n) is 18.0. The molecule has 0 bridgehead atoms. The van der Waals surface area contributed by atoms with E-state index >= 15 is 0 Å². The molecule has 2 aliphatic rings. The van der Waals surface area contributed by atoms with Crippen LogP contribution in [0.4, 0.5) is 4.79 Å². The molecule has 1 aliphatic carbocycles. The Labute approximate surface area is 173 Å². The summed E-state index contributed by atoms with van der Waals surface area (Å²) in [5, 5.41) is 3.17. The molecule has 29 heavy (non-hydrogen) atoms. The number of aromatic nitrogens is 2. The van der Waals surface area contributed by atoms with Gasteiger partial charge in [0, 0.05) is 64.7 Å². The van der Waals surface area contributed by atoms with Crippen LogP contribution >= 0.6 is 0 Å². The maximum Gasteiger partial charge on any atom is 0.317 e. The Hall–Kier alpha value is -2.12. The highest BCUT2D eigenvalue weighted by Gasteiger charge is 2.44. The summed E-state index contributed by atoms with van der Waals surface area (Å²) in [6.45, 7) is 9.19. The van der Waals surface area contributed by atoms with Crippen molar-refractivity contribution in [3.63, 3.8) is 0 Å². The third-order valence-electron chi connectivity index (χ3n) is 6.52. The molecule has 7 heteroatoms. The zero-order valence-corrected chi connectivity index (χ0v) is 18.0. The SMILES string of the molecule is Cc1cccc2[nH]c(CCN(C)C(=O)NCC3(CN4CCN(C)CC4)CC3)nc12. The molecule has 2 N–H and O–H groups in total. The van der Waals surface area contributed by atoms with Crippen LogP contribution in [0.3, 0.4) is 0 Å². The Kier molecular flexibility index (Phi) is 5.79. The van der Waals surface area contributed by atoms with Crippen molar-refractivity contribution < 1.29 is 4.79 Å². The number of hydrogen-bond acceptors (Lipinski definition) is 4. The number of fused-ring (bicyclic) bond motifs is 1.